The predicted octanol–water partition coefficient (Wildman–Crippen LogP) is 2.00. The number of carboxylic acid groups (broad SMARTS) is 1. The van der Waals surface area contributed by atoms with Gasteiger partial charge >= 0.3 is 5.97 Å². The lowest BCUT2D eigenvalue weighted by molar-refractivity contribution is -0.148. The molecule has 1 heterocycles. The Kier molecular flexibility index (Phi) is 5.25. The number of hydrogen-bond donors (Lipinski definition) is 2. The zero-order valence-corrected chi connectivity index (χ0v) is 13.0. The Morgan fingerprint density at radius 1 is 1.29 bits per heavy atom. The second kappa shape index (κ2) is 6.77. The number of nitrogens with zero attached hydrogens (tertiary/aromatic N) is 1. The van der Waals surface area contributed by atoms with Crippen LogP contribution in [-0.2, 0) is 9.59 Å². The van der Waals surface area contributed by atoms with Crippen molar-refractivity contribution in [3.63, 3.8) is 0 Å². The molecule has 2 unspecified atom stereocenters. The molecule has 2 fully saturated rings. The van der Waals surface area contributed by atoms with E-state index < -0.39 is 5.97 Å². The van der Waals surface area contributed by atoms with Gasteiger partial charge in [-0.2, -0.15) is 0 Å². The van der Waals surface area contributed by atoms with E-state index in [2.05, 4.69) is 0 Å². The van der Waals surface area contributed by atoms with Crippen LogP contribution in [0.5, 0.6) is 0 Å². The van der Waals surface area contributed by atoms with E-state index in [1.807, 2.05) is 11.8 Å². The Balaban J connectivity index is 1.95. The zero-order valence-electron chi connectivity index (χ0n) is 13.0. The highest BCUT2D eigenvalue weighted by Crippen LogP contribution is 2.39. The number of aliphatic carboxylic acids is 1. The average molecular weight is 296 g/mol. The van der Waals surface area contributed by atoms with Crippen molar-refractivity contribution in [1.29, 1.82) is 0 Å². The monoisotopic (exact) mass is 296 g/mol. The van der Waals surface area contributed by atoms with Crippen molar-refractivity contribution in [3.05, 3.63) is 0 Å². The summed E-state index contributed by atoms with van der Waals surface area (Å²) in [6, 6.07) is 0.0192. The molecule has 1 saturated carbocycles. The summed E-state index contributed by atoms with van der Waals surface area (Å²) in [7, 11) is 0. The second-order valence-corrected chi connectivity index (χ2v) is 6.94. The number of carbonyl (C=O) groups is 2. The molecule has 5 nitrogen and oxygen atoms in total. The summed E-state index contributed by atoms with van der Waals surface area (Å²) in [4.78, 5) is 25.6. The van der Waals surface area contributed by atoms with Crippen molar-refractivity contribution in [2.45, 2.75) is 64.3 Å². The Morgan fingerprint density at radius 3 is 2.48 bits per heavy atom. The molecule has 0 radical (unpaired) electrons. The van der Waals surface area contributed by atoms with Gasteiger partial charge in [0.2, 0.25) is 5.91 Å². The molecule has 1 saturated heterocycles. The maximum absolute atomic E-state index is 12.6. The zero-order chi connectivity index (χ0) is 15.5. The Labute approximate surface area is 126 Å². The van der Waals surface area contributed by atoms with Crippen molar-refractivity contribution < 1.29 is 14.7 Å². The molecule has 2 aliphatic rings. The van der Waals surface area contributed by atoms with Crippen molar-refractivity contribution >= 4 is 11.9 Å². The fourth-order valence-electron chi connectivity index (χ4n) is 3.94. The first kappa shape index (κ1) is 16.3. The van der Waals surface area contributed by atoms with E-state index in [1.165, 1.54) is 19.3 Å². The van der Waals surface area contributed by atoms with Gasteiger partial charge in [-0.05, 0) is 44.6 Å². The first-order valence-corrected chi connectivity index (χ1v) is 8.20. The minimum Gasteiger partial charge on any atom is -0.481 e. The molecule has 2 atom stereocenters. The standard InChI is InChI=1S/C16H28N2O3/c1-12-9-13(15(20)21)5-8-18(12)14(19)10-16(11-17)6-3-2-4-7-16/h12-13H,2-11,17H2,1H3,(H,20,21). The SMILES string of the molecule is CC1CC(C(=O)O)CCN1C(=O)CC1(CN)CCCCC1. The average Bonchev–Trinajstić information content (AvgIpc) is 2.47. The number of carboxylic acids is 1. The van der Waals surface area contributed by atoms with Gasteiger partial charge in [0.05, 0.1) is 5.92 Å². The highest BCUT2D eigenvalue weighted by molar-refractivity contribution is 5.78. The van der Waals surface area contributed by atoms with Crippen LogP contribution >= 0.6 is 0 Å². The normalized spacial score (nSPS) is 29.1. The lowest BCUT2D eigenvalue weighted by Gasteiger charge is -2.41. The Bertz CT molecular complexity index is 391. The molecular formula is C16H28N2O3. The molecule has 1 aliphatic carbocycles. The van der Waals surface area contributed by atoms with Gasteiger partial charge in [0, 0.05) is 19.0 Å². The molecule has 0 spiro atoms. The van der Waals surface area contributed by atoms with E-state index in [1.54, 1.807) is 0 Å². The van der Waals surface area contributed by atoms with Gasteiger partial charge in [-0.3, -0.25) is 9.59 Å². The van der Waals surface area contributed by atoms with Crippen LogP contribution in [-0.4, -0.2) is 41.0 Å². The van der Waals surface area contributed by atoms with Crippen molar-refractivity contribution in [3.8, 4) is 0 Å². The van der Waals surface area contributed by atoms with Crippen LogP contribution in [0.25, 0.3) is 0 Å². The summed E-state index contributed by atoms with van der Waals surface area (Å²) < 4.78 is 0. The van der Waals surface area contributed by atoms with Gasteiger partial charge in [-0.15, -0.1) is 0 Å². The van der Waals surface area contributed by atoms with Crippen molar-refractivity contribution in [2.24, 2.45) is 17.1 Å². The molecule has 1 amide bonds. The van der Waals surface area contributed by atoms with Crippen LogP contribution in [0.1, 0.15) is 58.3 Å². The summed E-state index contributed by atoms with van der Waals surface area (Å²) >= 11 is 0. The highest BCUT2D eigenvalue weighted by atomic mass is 16.4. The third-order valence-electron chi connectivity index (χ3n) is 5.42. The molecule has 0 bridgehead atoms. The second-order valence-electron chi connectivity index (χ2n) is 6.94. The molecular weight excluding hydrogens is 268 g/mol. The topological polar surface area (TPSA) is 83.6 Å². The lowest BCUT2D eigenvalue weighted by atomic mass is 9.71. The van der Waals surface area contributed by atoms with E-state index in [0.717, 1.165) is 12.8 Å². The number of rotatable bonds is 4. The third kappa shape index (κ3) is 3.76. The summed E-state index contributed by atoms with van der Waals surface area (Å²) in [5.41, 5.74) is 5.95. The fourth-order valence-corrected chi connectivity index (χ4v) is 3.94. The number of amides is 1. The predicted molar refractivity (Wildman–Crippen MR) is 80.7 cm³/mol. The Hall–Kier alpha value is -1.10. The number of piperidine rings is 1. The minimum absolute atomic E-state index is 0.0152. The van der Waals surface area contributed by atoms with Gasteiger partial charge in [0.15, 0.2) is 0 Å². The lowest BCUT2D eigenvalue weighted by Crippen LogP contribution is -2.48. The molecule has 3 N–H and O–H groups in total. The number of likely N-dealkylation sites (tertiary alicyclic amines) is 1. The smallest absolute Gasteiger partial charge is 0.306 e. The third-order valence-corrected chi connectivity index (χ3v) is 5.42. The van der Waals surface area contributed by atoms with Crippen LogP contribution in [0.3, 0.4) is 0 Å². The summed E-state index contributed by atoms with van der Waals surface area (Å²) in [6.07, 6.45) is 7.35. The largest absolute Gasteiger partial charge is 0.481 e. The Morgan fingerprint density at radius 2 is 1.95 bits per heavy atom. The molecule has 0 aromatic rings. The number of hydrogen-bond acceptors (Lipinski definition) is 3. The molecule has 2 rings (SSSR count). The summed E-state index contributed by atoms with van der Waals surface area (Å²) in [5, 5.41) is 9.10. The molecule has 0 aromatic heterocycles. The van der Waals surface area contributed by atoms with Gasteiger partial charge < -0.3 is 15.7 Å². The quantitative estimate of drug-likeness (QED) is 0.831. The van der Waals surface area contributed by atoms with Crippen molar-refractivity contribution in [2.75, 3.05) is 13.1 Å². The van der Waals surface area contributed by atoms with E-state index in [9.17, 15) is 9.59 Å². The van der Waals surface area contributed by atoms with Crippen LogP contribution in [0.2, 0.25) is 0 Å². The molecule has 21 heavy (non-hydrogen) atoms. The van der Waals surface area contributed by atoms with Crippen LogP contribution in [0.4, 0.5) is 0 Å². The van der Waals surface area contributed by atoms with E-state index in [-0.39, 0.29) is 23.3 Å². The minimum atomic E-state index is -0.736. The van der Waals surface area contributed by atoms with E-state index >= 15 is 0 Å². The van der Waals surface area contributed by atoms with Crippen LogP contribution in [0.15, 0.2) is 0 Å². The van der Waals surface area contributed by atoms with E-state index in [4.69, 9.17) is 10.8 Å². The van der Waals surface area contributed by atoms with E-state index in [0.29, 0.717) is 32.4 Å². The molecule has 0 aromatic carbocycles. The maximum Gasteiger partial charge on any atom is 0.306 e. The first-order chi connectivity index (χ1) is 9.97. The fraction of sp³-hybridized carbons (Fsp3) is 0.875. The van der Waals surface area contributed by atoms with Gasteiger partial charge in [-0.1, -0.05) is 19.3 Å². The number of nitrogens with two attached hydrogens (primary N) is 1. The molecule has 1 aliphatic heterocycles. The van der Waals surface area contributed by atoms with Gasteiger partial charge in [0.1, 0.15) is 0 Å². The van der Waals surface area contributed by atoms with Crippen LogP contribution in [0, 0.1) is 11.3 Å². The van der Waals surface area contributed by atoms with Gasteiger partial charge in [0.25, 0.3) is 0 Å². The first-order valence-electron chi connectivity index (χ1n) is 8.20. The summed E-state index contributed by atoms with van der Waals surface area (Å²) in [6.45, 7) is 3.11. The maximum atomic E-state index is 12.6. The number of carbonyl (C=O) groups excluding carboxylic acids is 1. The summed E-state index contributed by atoms with van der Waals surface area (Å²) in [5.74, 6) is -0.874. The highest BCUT2D eigenvalue weighted by Gasteiger charge is 2.37. The van der Waals surface area contributed by atoms with Crippen molar-refractivity contribution in [1.82, 2.24) is 4.90 Å². The van der Waals surface area contributed by atoms with Gasteiger partial charge in [-0.25, -0.2) is 0 Å². The molecule has 5 heteroatoms. The van der Waals surface area contributed by atoms with Crippen LogP contribution < -0.4 is 5.73 Å². The molecule has 120 valence electrons.